The number of nitrogens with two attached hydrogens (primary N) is 1. The van der Waals surface area contributed by atoms with E-state index in [0.29, 0.717) is 31.9 Å². The van der Waals surface area contributed by atoms with Gasteiger partial charge in [-0.25, -0.2) is 0 Å². The largest absolute Gasteiger partial charge is 0.382 e. The summed E-state index contributed by atoms with van der Waals surface area (Å²) in [4.78, 5) is 11.9. The molecule has 0 saturated carbocycles. The second kappa shape index (κ2) is 9.13. The quantitative estimate of drug-likeness (QED) is 0.610. The van der Waals surface area contributed by atoms with Crippen LogP contribution in [0.4, 0.5) is 0 Å². The fourth-order valence-electron chi connectivity index (χ4n) is 1.71. The van der Waals surface area contributed by atoms with Crippen LogP contribution in [0.15, 0.2) is 18.2 Å². The zero-order valence-corrected chi connectivity index (χ0v) is 12.2. The Morgan fingerprint density at radius 2 is 2.25 bits per heavy atom. The van der Waals surface area contributed by atoms with Crippen molar-refractivity contribution in [2.75, 3.05) is 26.3 Å². The highest BCUT2D eigenvalue weighted by atomic mass is 16.5. The highest BCUT2D eigenvalue weighted by molar-refractivity contribution is 5.94. The molecule has 0 aliphatic carbocycles. The van der Waals surface area contributed by atoms with E-state index in [4.69, 9.17) is 10.5 Å². The molecule has 1 amide bonds. The average Bonchev–Trinajstić information content (AvgIpc) is 2.45. The number of nitrogens with one attached hydrogen (secondary N) is 1. The van der Waals surface area contributed by atoms with Gasteiger partial charge in [-0.05, 0) is 44.0 Å². The summed E-state index contributed by atoms with van der Waals surface area (Å²) in [5, 5.41) is 2.87. The lowest BCUT2D eigenvalue weighted by atomic mass is 10.0. The van der Waals surface area contributed by atoms with Crippen molar-refractivity contribution in [3.8, 4) is 11.8 Å². The molecule has 0 atom stereocenters. The molecule has 20 heavy (non-hydrogen) atoms. The van der Waals surface area contributed by atoms with Gasteiger partial charge in [0.25, 0.3) is 5.91 Å². The van der Waals surface area contributed by atoms with Gasteiger partial charge in [0.1, 0.15) is 0 Å². The van der Waals surface area contributed by atoms with Crippen LogP contribution in [0.1, 0.15) is 34.8 Å². The zero-order chi connectivity index (χ0) is 14.8. The third-order valence-electron chi connectivity index (χ3n) is 2.77. The van der Waals surface area contributed by atoms with Crippen molar-refractivity contribution in [3.05, 3.63) is 34.9 Å². The summed E-state index contributed by atoms with van der Waals surface area (Å²) in [6.45, 7) is 6.22. The highest BCUT2D eigenvalue weighted by Crippen LogP contribution is 2.10. The van der Waals surface area contributed by atoms with Crippen LogP contribution in [0, 0.1) is 18.8 Å². The fourth-order valence-corrected chi connectivity index (χ4v) is 1.71. The van der Waals surface area contributed by atoms with Gasteiger partial charge in [-0.15, -0.1) is 0 Å². The number of rotatable bonds is 6. The molecule has 0 aliphatic heterocycles. The van der Waals surface area contributed by atoms with E-state index in [9.17, 15) is 4.79 Å². The maximum absolute atomic E-state index is 11.9. The maximum atomic E-state index is 11.9. The van der Waals surface area contributed by atoms with Crippen LogP contribution in [0.3, 0.4) is 0 Å². The van der Waals surface area contributed by atoms with Crippen LogP contribution in [0.5, 0.6) is 0 Å². The van der Waals surface area contributed by atoms with Crippen LogP contribution < -0.4 is 11.1 Å². The first kappa shape index (κ1) is 16.2. The smallest absolute Gasteiger partial charge is 0.251 e. The number of ether oxygens (including phenoxy) is 1. The molecule has 4 heteroatoms. The Balaban J connectivity index is 2.54. The van der Waals surface area contributed by atoms with Gasteiger partial charge < -0.3 is 15.8 Å². The average molecular weight is 274 g/mol. The van der Waals surface area contributed by atoms with Gasteiger partial charge in [-0.1, -0.05) is 11.8 Å². The summed E-state index contributed by atoms with van der Waals surface area (Å²) in [6, 6.07) is 5.48. The van der Waals surface area contributed by atoms with E-state index >= 15 is 0 Å². The van der Waals surface area contributed by atoms with E-state index in [2.05, 4.69) is 17.2 Å². The molecule has 0 saturated heterocycles. The number of hydrogen-bond donors (Lipinski definition) is 2. The molecular weight excluding hydrogens is 252 g/mol. The first-order valence-electron chi connectivity index (χ1n) is 6.84. The predicted octanol–water partition coefficient (Wildman–Crippen LogP) is 1.46. The topological polar surface area (TPSA) is 64.3 Å². The van der Waals surface area contributed by atoms with Crippen LogP contribution in [0.2, 0.25) is 0 Å². The number of carbonyl (C=O) groups excluding carboxylic acids is 1. The van der Waals surface area contributed by atoms with E-state index in [0.717, 1.165) is 17.5 Å². The van der Waals surface area contributed by atoms with Crippen LogP contribution in [-0.4, -0.2) is 32.2 Å². The molecule has 1 rings (SSSR count). The van der Waals surface area contributed by atoms with Gasteiger partial charge in [0.2, 0.25) is 0 Å². The molecule has 0 unspecified atom stereocenters. The minimum atomic E-state index is -0.0667. The highest BCUT2D eigenvalue weighted by Gasteiger charge is 2.06. The number of amides is 1. The Morgan fingerprint density at radius 3 is 2.90 bits per heavy atom. The summed E-state index contributed by atoms with van der Waals surface area (Å²) in [7, 11) is 0. The molecule has 0 spiro atoms. The Bertz CT molecular complexity index is 501. The third-order valence-corrected chi connectivity index (χ3v) is 2.77. The van der Waals surface area contributed by atoms with E-state index < -0.39 is 0 Å². The Morgan fingerprint density at radius 1 is 1.45 bits per heavy atom. The van der Waals surface area contributed by atoms with Crippen LogP contribution in [-0.2, 0) is 4.74 Å². The molecule has 3 N–H and O–H groups in total. The van der Waals surface area contributed by atoms with Gasteiger partial charge in [0.05, 0.1) is 6.54 Å². The van der Waals surface area contributed by atoms with Gasteiger partial charge in [-0.3, -0.25) is 4.79 Å². The van der Waals surface area contributed by atoms with Gasteiger partial charge in [0, 0.05) is 30.9 Å². The lowest BCUT2D eigenvalue weighted by Crippen LogP contribution is -2.25. The number of benzene rings is 1. The van der Waals surface area contributed by atoms with Crippen molar-refractivity contribution >= 4 is 5.91 Å². The van der Waals surface area contributed by atoms with Crippen LogP contribution >= 0.6 is 0 Å². The summed E-state index contributed by atoms with van der Waals surface area (Å²) in [6.07, 6.45) is 0.818. The number of hydrogen-bond acceptors (Lipinski definition) is 3. The SMILES string of the molecule is CCOCCCNC(=O)c1ccc(C#CCN)c(C)c1. The number of carbonyl (C=O) groups is 1. The maximum Gasteiger partial charge on any atom is 0.251 e. The van der Waals surface area contributed by atoms with E-state index in [-0.39, 0.29) is 5.91 Å². The monoisotopic (exact) mass is 274 g/mol. The summed E-state index contributed by atoms with van der Waals surface area (Å²) >= 11 is 0. The summed E-state index contributed by atoms with van der Waals surface area (Å²) in [5.74, 6) is 5.73. The minimum Gasteiger partial charge on any atom is -0.382 e. The molecule has 0 aromatic heterocycles. The molecule has 0 radical (unpaired) electrons. The number of aryl methyl sites for hydroxylation is 1. The second-order valence-electron chi connectivity index (χ2n) is 4.34. The second-order valence-corrected chi connectivity index (χ2v) is 4.34. The van der Waals surface area contributed by atoms with Crippen molar-refractivity contribution in [1.29, 1.82) is 0 Å². The Kier molecular flexibility index (Phi) is 7.41. The molecule has 1 aromatic carbocycles. The first-order chi connectivity index (χ1) is 9.69. The molecular formula is C16H22N2O2. The normalized spacial score (nSPS) is 9.75. The van der Waals surface area contributed by atoms with Crippen molar-refractivity contribution in [3.63, 3.8) is 0 Å². The minimum absolute atomic E-state index is 0.0667. The first-order valence-corrected chi connectivity index (χ1v) is 6.84. The zero-order valence-electron chi connectivity index (χ0n) is 12.2. The van der Waals surface area contributed by atoms with Crippen LogP contribution in [0.25, 0.3) is 0 Å². The van der Waals surface area contributed by atoms with E-state index in [1.807, 2.05) is 26.0 Å². The Hall–Kier alpha value is -1.83. The molecule has 1 aromatic rings. The molecule has 0 heterocycles. The van der Waals surface area contributed by atoms with Crippen molar-refractivity contribution in [2.24, 2.45) is 5.73 Å². The van der Waals surface area contributed by atoms with Crippen molar-refractivity contribution in [2.45, 2.75) is 20.3 Å². The standard InChI is InChI=1S/C16H22N2O2/c1-3-20-11-5-10-18-16(19)15-8-7-14(6-4-9-17)13(2)12-15/h7-8,12H,3,5,9-11,17H2,1-2H3,(H,18,19). The molecule has 0 bridgehead atoms. The predicted molar refractivity (Wildman–Crippen MR) is 80.6 cm³/mol. The van der Waals surface area contributed by atoms with E-state index in [1.165, 1.54) is 0 Å². The molecule has 4 nitrogen and oxygen atoms in total. The Labute approximate surface area is 120 Å². The summed E-state index contributed by atoms with van der Waals surface area (Å²) < 4.78 is 5.22. The molecule has 0 aliphatic rings. The fraction of sp³-hybridized carbons (Fsp3) is 0.438. The molecule has 108 valence electrons. The van der Waals surface area contributed by atoms with Crippen molar-refractivity contribution < 1.29 is 9.53 Å². The van der Waals surface area contributed by atoms with Gasteiger partial charge >= 0.3 is 0 Å². The third kappa shape index (κ3) is 5.43. The van der Waals surface area contributed by atoms with Gasteiger partial charge in [0.15, 0.2) is 0 Å². The summed E-state index contributed by atoms with van der Waals surface area (Å²) in [5.41, 5.74) is 7.88. The lowest BCUT2D eigenvalue weighted by molar-refractivity contribution is 0.0944. The van der Waals surface area contributed by atoms with E-state index in [1.54, 1.807) is 6.07 Å². The van der Waals surface area contributed by atoms with Gasteiger partial charge in [-0.2, -0.15) is 0 Å². The van der Waals surface area contributed by atoms with Crippen molar-refractivity contribution in [1.82, 2.24) is 5.32 Å². The lowest BCUT2D eigenvalue weighted by Gasteiger charge is -2.07. The molecule has 0 fully saturated rings.